The Hall–Kier alpha value is -2.88. The zero-order valence-electron chi connectivity index (χ0n) is 17.3. The first-order chi connectivity index (χ1) is 15.4. The highest BCUT2D eigenvalue weighted by molar-refractivity contribution is 8.01. The Kier molecular flexibility index (Phi) is 6.78. The molecule has 4 aromatic rings. The predicted octanol–water partition coefficient (Wildman–Crippen LogP) is 4.64. The van der Waals surface area contributed by atoms with Crippen molar-refractivity contribution in [3.8, 4) is 0 Å². The minimum atomic E-state index is -3.65. The van der Waals surface area contributed by atoms with Gasteiger partial charge in [0.2, 0.25) is 0 Å². The Morgan fingerprint density at radius 1 is 1.00 bits per heavy atom. The third-order valence-electron chi connectivity index (χ3n) is 4.78. The van der Waals surface area contributed by atoms with Crippen LogP contribution in [0.25, 0.3) is 10.2 Å². The largest absolute Gasteiger partial charge is 0.351 e. The number of amides is 1. The number of fused-ring (bicyclic) bond motifs is 1. The molecule has 3 aromatic carbocycles. The van der Waals surface area contributed by atoms with Gasteiger partial charge in [-0.15, -0.1) is 11.3 Å². The molecule has 0 spiro atoms. The van der Waals surface area contributed by atoms with Gasteiger partial charge in [0, 0.05) is 24.9 Å². The number of anilines is 1. The van der Waals surface area contributed by atoms with Gasteiger partial charge in [0.25, 0.3) is 15.9 Å². The summed E-state index contributed by atoms with van der Waals surface area (Å²) in [6, 6.07) is 22.8. The number of rotatable bonds is 8. The van der Waals surface area contributed by atoms with Gasteiger partial charge in [-0.05, 0) is 48.5 Å². The first kappa shape index (κ1) is 22.3. The molecule has 4 rings (SSSR count). The Balaban J connectivity index is 1.31. The normalized spacial score (nSPS) is 11.4. The summed E-state index contributed by atoms with van der Waals surface area (Å²) in [6.45, 7) is 0.503. The fourth-order valence-electron chi connectivity index (χ4n) is 3.03. The molecule has 1 amide bonds. The number of carbonyl (C=O) groups is 1. The van der Waals surface area contributed by atoms with Gasteiger partial charge >= 0.3 is 0 Å². The molecule has 0 aliphatic carbocycles. The highest BCUT2D eigenvalue weighted by Gasteiger charge is 2.21. The van der Waals surface area contributed by atoms with Crippen LogP contribution in [0, 0.1) is 0 Å². The number of carbonyl (C=O) groups excluding carboxylic acids is 1. The summed E-state index contributed by atoms with van der Waals surface area (Å²) in [7, 11) is -2.16. The Labute approximate surface area is 195 Å². The molecular weight excluding hydrogens is 462 g/mol. The fourth-order valence-corrected chi connectivity index (χ4v) is 6.24. The van der Waals surface area contributed by atoms with E-state index in [9.17, 15) is 13.2 Å². The average Bonchev–Trinajstić information content (AvgIpc) is 3.25. The van der Waals surface area contributed by atoms with Crippen molar-refractivity contribution in [2.24, 2.45) is 0 Å². The predicted molar refractivity (Wildman–Crippen MR) is 131 cm³/mol. The number of sulfonamides is 1. The summed E-state index contributed by atoms with van der Waals surface area (Å²) in [5, 5.41) is 2.89. The number of nitrogens with zero attached hydrogens (tertiary/aromatic N) is 2. The SMILES string of the molecule is CN(c1ccc(C(=O)NCCSc2nc3ccccc3s2)cc1)S(=O)(=O)c1ccccc1. The maximum atomic E-state index is 12.7. The zero-order chi connectivity index (χ0) is 22.6. The molecule has 0 saturated carbocycles. The molecule has 0 bridgehead atoms. The number of thiazole rings is 1. The van der Waals surface area contributed by atoms with E-state index in [1.54, 1.807) is 77.7 Å². The van der Waals surface area contributed by atoms with E-state index in [1.165, 1.54) is 11.4 Å². The van der Waals surface area contributed by atoms with Crippen LogP contribution in [0.2, 0.25) is 0 Å². The molecule has 0 unspecified atom stereocenters. The molecule has 164 valence electrons. The second kappa shape index (κ2) is 9.72. The summed E-state index contributed by atoms with van der Waals surface area (Å²) in [4.78, 5) is 17.2. The van der Waals surface area contributed by atoms with Crippen molar-refractivity contribution in [3.63, 3.8) is 0 Å². The standard InChI is InChI=1S/C23H21N3O3S3/c1-26(32(28,29)19-7-3-2-4-8-19)18-13-11-17(12-14-18)22(27)24-15-16-30-23-25-20-9-5-6-10-21(20)31-23/h2-14H,15-16H2,1H3,(H,24,27). The molecule has 0 saturated heterocycles. The summed E-state index contributed by atoms with van der Waals surface area (Å²) >= 11 is 3.25. The van der Waals surface area contributed by atoms with Crippen LogP contribution in [0.15, 0.2) is 88.1 Å². The Morgan fingerprint density at radius 2 is 1.69 bits per heavy atom. The van der Waals surface area contributed by atoms with Gasteiger partial charge in [0.15, 0.2) is 4.34 Å². The third kappa shape index (κ3) is 4.95. The van der Waals surface area contributed by atoms with E-state index in [4.69, 9.17) is 0 Å². The average molecular weight is 484 g/mol. The molecule has 6 nitrogen and oxygen atoms in total. The lowest BCUT2D eigenvalue weighted by atomic mass is 10.2. The second-order valence-corrected chi connectivity index (χ2v) is 11.2. The minimum Gasteiger partial charge on any atom is -0.351 e. The topological polar surface area (TPSA) is 79.4 Å². The van der Waals surface area contributed by atoms with Gasteiger partial charge in [-0.25, -0.2) is 13.4 Å². The van der Waals surface area contributed by atoms with E-state index in [0.29, 0.717) is 23.5 Å². The first-order valence-electron chi connectivity index (χ1n) is 9.86. The van der Waals surface area contributed by atoms with Gasteiger partial charge in [-0.3, -0.25) is 9.10 Å². The van der Waals surface area contributed by atoms with E-state index in [0.717, 1.165) is 14.6 Å². The molecule has 0 fully saturated rings. The van der Waals surface area contributed by atoms with Gasteiger partial charge in [-0.1, -0.05) is 42.1 Å². The first-order valence-corrected chi connectivity index (χ1v) is 13.1. The molecule has 32 heavy (non-hydrogen) atoms. The lowest BCUT2D eigenvalue weighted by Gasteiger charge is -2.19. The lowest BCUT2D eigenvalue weighted by molar-refractivity contribution is 0.0956. The van der Waals surface area contributed by atoms with Crippen LogP contribution in [0.5, 0.6) is 0 Å². The molecular formula is C23H21N3O3S3. The lowest BCUT2D eigenvalue weighted by Crippen LogP contribution is -2.27. The number of benzene rings is 3. The van der Waals surface area contributed by atoms with E-state index in [1.807, 2.05) is 24.3 Å². The van der Waals surface area contributed by atoms with Crippen LogP contribution in [-0.2, 0) is 10.0 Å². The number of thioether (sulfide) groups is 1. The Bertz CT molecular complexity index is 1290. The highest BCUT2D eigenvalue weighted by Crippen LogP contribution is 2.29. The van der Waals surface area contributed by atoms with Gasteiger partial charge in [0.1, 0.15) is 0 Å². The van der Waals surface area contributed by atoms with Crippen LogP contribution in [-0.4, -0.2) is 38.7 Å². The van der Waals surface area contributed by atoms with Crippen LogP contribution < -0.4 is 9.62 Å². The fraction of sp³-hybridized carbons (Fsp3) is 0.130. The van der Waals surface area contributed by atoms with Crippen molar-refractivity contribution in [1.82, 2.24) is 10.3 Å². The highest BCUT2D eigenvalue weighted by atomic mass is 32.2. The van der Waals surface area contributed by atoms with Crippen LogP contribution >= 0.6 is 23.1 Å². The third-order valence-corrected chi connectivity index (χ3v) is 8.76. The number of nitrogens with one attached hydrogen (secondary N) is 1. The summed E-state index contributed by atoms with van der Waals surface area (Å²) in [5.41, 5.74) is 1.95. The molecule has 9 heteroatoms. The molecule has 0 aliphatic rings. The molecule has 1 aromatic heterocycles. The van der Waals surface area contributed by atoms with Crippen molar-refractivity contribution in [2.75, 3.05) is 23.7 Å². The van der Waals surface area contributed by atoms with Crippen LogP contribution in [0.4, 0.5) is 5.69 Å². The molecule has 1 N–H and O–H groups in total. The maximum Gasteiger partial charge on any atom is 0.264 e. The molecule has 0 radical (unpaired) electrons. The van der Waals surface area contributed by atoms with Crippen LogP contribution in [0.3, 0.4) is 0 Å². The van der Waals surface area contributed by atoms with E-state index in [2.05, 4.69) is 10.3 Å². The number of hydrogen-bond donors (Lipinski definition) is 1. The second-order valence-electron chi connectivity index (χ2n) is 6.88. The molecule has 0 aliphatic heterocycles. The summed E-state index contributed by atoms with van der Waals surface area (Å²) in [5.74, 6) is 0.511. The van der Waals surface area contributed by atoms with Crippen molar-refractivity contribution >= 4 is 54.9 Å². The minimum absolute atomic E-state index is 0.199. The number of aromatic nitrogens is 1. The van der Waals surface area contributed by atoms with Crippen molar-refractivity contribution in [2.45, 2.75) is 9.24 Å². The Morgan fingerprint density at radius 3 is 2.41 bits per heavy atom. The van der Waals surface area contributed by atoms with E-state index >= 15 is 0 Å². The van der Waals surface area contributed by atoms with Gasteiger partial charge in [0.05, 0.1) is 20.8 Å². The summed E-state index contributed by atoms with van der Waals surface area (Å²) in [6.07, 6.45) is 0. The van der Waals surface area contributed by atoms with Crippen molar-refractivity contribution in [1.29, 1.82) is 0 Å². The quantitative estimate of drug-likeness (QED) is 0.292. The molecule has 1 heterocycles. The smallest absolute Gasteiger partial charge is 0.264 e. The molecule has 0 atom stereocenters. The maximum absolute atomic E-state index is 12.7. The van der Waals surface area contributed by atoms with Gasteiger partial charge < -0.3 is 5.32 Å². The van der Waals surface area contributed by atoms with E-state index in [-0.39, 0.29) is 10.8 Å². The summed E-state index contributed by atoms with van der Waals surface area (Å²) < 4.78 is 28.8. The zero-order valence-corrected chi connectivity index (χ0v) is 19.7. The van der Waals surface area contributed by atoms with Gasteiger partial charge in [-0.2, -0.15) is 0 Å². The van der Waals surface area contributed by atoms with E-state index < -0.39 is 10.0 Å². The van der Waals surface area contributed by atoms with Crippen molar-refractivity contribution in [3.05, 3.63) is 84.4 Å². The monoisotopic (exact) mass is 483 g/mol. The number of para-hydroxylation sites is 1. The number of hydrogen-bond acceptors (Lipinski definition) is 6. The van der Waals surface area contributed by atoms with Crippen molar-refractivity contribution < 1.29 is 13.2 Å². The van der Waals surface area contributed by atoms with Crippen LogP contribution in [0.1, 0.15) is 10.4 Å².